The second-order valence-electron chi connectivity index (χ2n) is 9.04. The van der Waals surface area contributed by atoms with Gasteiger partial charge in [0.05, 0.1) is 11.3 Å². The maximum Gasteiger partial charge on any atom is 0.416 e. The molecule has 4 aromatic rings. The molecule has 0 aliphatic carbocycles. The van der Waals surface area contributed by atoms with Crippen molar-refractivity contribution in [1.82, 2.24) is 15.1 Å². The molecule has 0 saturated carbocycles. The van der Waals surface area contributed by atoms with E-state index in [1.54, 1.807) is 12.1 Å². The van der Waals surface area contributed by atoms with Gasteiger partial charge >= 0.3 is 12.2 Å². The number of benzene rings is 3. The molecule has 1 atom stereocenters. The molecular formula is C27H23ClF5N5O. The molecule has 2 heterocycles. The van der Waals surface area contributed by atoms with Gasteiger partial charge < -0.3 is 15.1 Å². The first-order chi connectivity index (χ1) is 18.1. The molecule has 3 aromatic carbocycles. The minimum absolute atomic E-state index is 0. The van der Waals surface area contributed by atoms with Gasteiger partial charge in [-0.3, -0.25) is 0 Å². The van der Waals surface area contributed by atoms with Crippen molar-refractivity contribution in [3.05, 3.63) is 83.9 Å². The van der Waals surface area contributed by atoms with Crippen molar-refractivity contribution in [3.8, 4) is 11.3 Å². The highest BCUT2D eigenvalue weighted by atomic mass is 35.5. The lowest BCUT2D eigenvalue weighted by atomic mass is 10.0. The fourth-order valence-electron chi connectivity index (χ4n) is 4.58. The molecule has 5 rings (SSSR count). The number of aromatic nitrogens is 2. The smallest absolute Gasteiger partial charge is 0.351 e. The SMILES string of the molecule is CC1CN(c2nnc(-c3ccc(F)cc3)c3ccccc23)CCN1C(=O)Nc1ccc(C(F)(F)F)cc1F.Cl. The van der Waals surface area contributed by atoms with Gasteiger partial charge in [0.25, 0.3) is 0 Å². The van der Waals surface area contributed by atoms with E-state index in [0.717, 1.165) is 28.5 Å². The van der Waals surface area contributed by atoms with Gasteiger partial charge in [0, 0.05) is 42.0 Å². The van der Waals surface area contributed by atoms with E-state index in [1.807, 2.05) is 36.1 Å². The van der Waals surface area contributed by atoms with E-state index in [2.05, 4.69) is 15.5 Å². The Bertz CT molecular complexity index is 1500. The number of hydrogen-bond acceptors (Lipinski definition) is 4. The van der Waals surface area contributed by atoms with Crippen LogP contribution in [0.25, 0.3) is 22.0 Å². The van der Waals surface area contributed by atoms with Gasteiger partial charge in [-0.25, -0.2) is 13.6 Å². The molecule has 0 bridgehead atoms. The van der Waals surface area contributed by atoms with Crippen LogP contribution in [0.3, 0.4) is 0 Å². The predicted molar refractivity (Wildman–Crippen MR) is 141 cm³/mol. The molecule has 1 aliphatic heterocycles. The van der Waals surface area contributed by atoms with Gasteiger partial charge in [0.15, 0.2) is 5.82 Å². The summed E-state index contributed by atoms with van der Waals surface area (Å²) < 4.78 is 66.1. The molecule has 204 valence electrons. The van der Waals surface area contributed by atoms with Crippen molar-refractivity contribution in [2.75, 3.05) is 29.9 Å². The zero-order valence-corrected chi connectivity index (χ0v) is 21.4. The molecular weight excluding hydrogens is 541 g/mol. The molecule has 1 N–H and O–H groups in total. The van der Waals surface area contributed by atoms with E-state index in [4.69, 9.17) is 0 Å². The van der Waals surface area contributed by atoms with Gasteiger partial charge in [0.2, 0.25) is 0 Å². The summed E-state index contributed by atoms with van der Waals surface area (Å²) in [5.41, 5.74) is -0.111. The molecule has 1 aliphatic rings. The van der Waals surface area contributed by atoms with Crippen LogP contribution in [0.2, 0.25) is 0 Å². The normalized spacial score (nSPS) is 15.7. The number of amides is 2. The van der Waals surface area contributed by atoms with Crippen LogP contribution in [0, 0.1) is 11.6 Å². The maximum absolute atomic E-state index is 14.2. The summed E-state index contributed by atoms with van der Waals surface area (Å²) in [6.07, 6.45) is -4.68. The van der Waals surface area contributed by atoms with E-state index >= 15 is 0 Å². The van der Waals surface area contributed by atoms with E-state index in [-0.39, 0.29) is 36.5 Å². The summed E-state index contributed by atoms with van der Waals surface area (Å²) in [7, 11) is 0. The van der Waals surface area contributed by atoms with Crippen LogP contribution >= 0.6 is 12.4 Å². The van der Waals surface area contributed by atoms with Crippen molar-refractivity contribution >= 4 is 40.7 Å². The lowest BCUT2D eigenvalue weighted by molar-refractivity contribution is -0.137. The first-order valence-corrected chi connectivity index (χ1v) is 11.8. The minimum atomic E-state index is -4.68. The van der Waals surface area contributed by atoms with Gasteiger partial charge in [-0.15, -0.1) is 22.6 Å². The Morgan fingerprint density at radius 2 is 1.64 bits per heavy atom. The molecule has 0 radical (unpaired) electrons. The van der Waals surface area contributed by atoms with Crippen LogP contribution in [0.15, 0.2) is 66.7 Å². The molecule has 1 aromatic heterocycles. The third-order valence-electron chi connectivity index (χ3n) is 6.51. The van der Waals surface area contributed by atoms with Gasteiger partial charge in [-0.05, 0) is 49.4 Å². The average Bonchev–Trinajstić information content (AvgIpc) is 2.89. The summed E-state index contributed by atoms with van der Waals surface area (Å²) in [5, 5.41) is 12.9. The number of nitrogens with zero attached hydrogens (tertiary/aromatic N) is 4. The molecule has 1 fully saturated rings. The fourth-order valence-corrected chi connectivity index (χ4v) is 4.58. The topological polar surface area (TPSA) is 61.4 Å². The first-order valence-electron chi connectivity index (χ1n) is 11.8. The van der Waals surface area contributed by atoms with Crippen LogP contribution in [-0.4, -0.2) is 46.8 Å². The van der Waals surface area contributed by atoms with Crippen molar-refractivity contribution in [1.29, 1.82) is 0 Å². The largest absolute Gasteiger partial charge is 0.416 e. The number of halogens is 6. The average molecular weight is 564 g/mol. The first kappa shape index (κ1) is 28.0. The Morgan fingerprint density at radius 1 is 0.949 bits per heavy atom. The van der Waals surface area contributed by atoms with Crippen molar-refractivity contribution in [2.24, 2.45) is 0 Å². The number of anilines is 2. The van der Waals surface area contributed by atoms with Crippen LogP contribution in [-0.2, 0) is 6.18 Å². The van der Waals surface area contributed by atoms with Crippen molar-refractivity contribution in [2.45, 2.75) is 19.1 Å². The number of fused-ring (bicyclic) bond motifs is 1. The summed E-state index contributed by atoms with van der Waals surface area (Å²) >= 11 is 0. The Balaban J connectivity index is 0.00000353. The van der Waals surface area contributed by atoms with E-state index < -0.39 is 23.6 Å². The number of hydrogen-bond donors (Lipinski definition) is 1. The Morgan fingerprint density at radius 3 is 2.28 bits per heavy atom. The molecule has 6 nitrogen and oxygen atoms in total. The monoisotopic (exact) mass is 563 g/mol. The number of alkyl halides is 3. The summed E-state index contributed by atoms with van der Waals surface area (Å²) in [6, 6.07) is 14.7. The summed E-state index contributed by atoms with van der Waals surface area (Å²) in [5.74, 6) is -0.880. The van der Waals surface area contributed by atoms with E-state index in [9.17, 15) is 26.7 Å². The highest BCUT2D eigenvalue weighted by Gasteiger charge is 2.32. The molecule has 1 saturated heterocycles. The lowest BCUT2D eigenvalue weighted by Crippen LogP contribution is -2.55. The van der Waals surface area contributed by atoms with Crippen LogP contribution in [0.1, 0.15) is 12.5 Å². The minimum Gasteiger partial charge on any atom is -0.351 e. The van der Waals surface area contributed by atoms with Crippen LogP contribution in [0.4, 0.5) is 38.3 Å². The number of carbonyl (C=O) groups excluding carboxylic acids is 1. The highest BCUT2D eigenvalue weighted by Crippen LogP contribution is 2.33. The molecule has 39 heavy (non-hydrogen) atoms. The fraction of sp³-hybridized carbons (Fsp3) is 0.222. The Hall–Kier alpha value is -3.99. The van der Waals surface area contributed by atoms with Crippen LogP contribution < -0.4 is 10.2 Å². The van der Waals surface area contributed by atoms with Crippen molar-refractivity contribution in [3.63, 3.8) is 0 Å². The van der Waals surface area contributed by atoms with E-state index in [1.165, 1.54) is 17.0 Å². The molecule has 2 amide bonds. The quantitative estimate of drug-likeness (QED) is 0.280. The standard InChI is InChI=1S/C27H22F5N5O.ClH/c1-16-15-36(12-13-37(16)26(38)33-23-11-8-18(14-22(23)29)27(30,31)32)25-21-5-3-2-4-20(21)24(34-35-25)17-6-9-19(28)10-7-17;/h2-11,14,16H,12-13,15H2,1H3,(H,33,38);1H. The van der Waals surface area contributed by atoms with Gasteiger partial charge in [-0.2, -0.15) is 13.2 Å². The number of piperazine rings is 1. The van der Waals surface area contributed by atoms with Gasteiger partial charge in [-0.1, -0.05) is 24.3 Å². The second kappa shape index (κ2) is 11.0. The third-order valence-corrected chi connectivity index (χ3v) is 6.51. The second-order valence-corrected chi connectivity index (χ2v) is 9.04. The summed E-state index contributed by atoms with van der Waals surface area (Å²) in [6.45, 7) is 2.89. The van der Waals surface area contributed by atoms with E-state index in [0.29, 0.717) is 30.7 Å². The lowest BCUT2D eigenvalue weighted by Gasteiger charge is -2.40. The number of urea groups is 1. The molecule has 12 heteroatoms. The van der Waals surface area contributed by atoms with Crippen molar-refractivity contribution < 1.29 is 26.7 Å². The number of nitrogens with one attached hydrogen (secondary N) is 1. The Kier molecular flexibility index (Phi) is 7.91. The zero-order chi connectivity index (χ0) is 27.0. The van der Waals surface area contributed by atoms with Crippen LogP contribution in [0.5, 0.6) is 0 Å². The maximum atomic E-state index is 14.2. The highest BCUT2D eigenvalue weighted by molar-refractivity contribution is 6.00. The predicted octanol–water partition coefficient (Wildman–Crippen LogP) is 6.76. The number of rotatable bonds is 3. The Labute approximate surface area is 226 Å². The summed E-state index contributed by atoms with van der Waals surface area (Å²) in [4.78, 5) is 16.3. The number of carbonyl (C=O) groups is 1. The third kappa shape index (κ3) is 5.73. The zero-order valence-electron chi connectivity index (χ0n) is 20.5. The molecule has 0 spiro atoms. The molecule has 1 unspecified atom stereocenters. The van der Waals surface area contributed by atoms with Gasteiger partial charge in [0.1, 0.15) is 17.3 Å².